The van der Waals surface area contributed by atoms with Gasteiger partial charge in [-0.2, -0.15) is 0 Å². The summed E-state index contributed by atoms with van der Waals surface area (Å²) in [4.78, 5) is 2.61. The summed E-state index contributed by atoms with van der Waals surface area (Å²) >= 11 is 0. The van der Waals surface area contributed by atoms with Crippen molar-refractivity contribution in [1.29, 1.82) is 0 Å². The van der Waals surface area contributed by atoms with Gasteiger partial charge in [-0.25, -0.2) is 0 Å². The zero-order chi connectivity index (χ0) is 33.4. The molecule has 0 aliphatic carbocycles. The minimum absolute atomic E-state index is 0.00683. The molecular formula is C48H31BN2. The minimum atomic E-state index is -0.512. The fraction of sp³-hybridized carbons (Fsp3) is 0.0417. The Kier molecular flexibility index (Phi) is 5.22. The lowest BCUT2D eigenvalue weighted by Crippen LogP contribution is -2.58. The first-order valence-corrected chi connectivity index (χ1v) is 18.0. The molecule has 0 saturated carbocycles. The molecular weight excluding hydrogens is 615 g/mol. The first-order valence-electron chi connectivity index (χ1n) is 18.0. The molecule has 0 radical (unpaired) electrons. The summed E-state index contributed by atoms with van der Waals surface area (Å²) in [7, 11) is 0. The molecule has 3 aliphatic rings. The molecule has 0 fully saturated rings. The van der Waals surface area contributed by atoms with Gasteiger partial charge in [0.15, 0.2) is 0 Å². The first kappa shape index (κ1) is 27.5. The second-order valence-corrected chi connectivity index (χ2v) is 14.5. The fourth-order valence-electron chi connectivity index (χ4n) is 10.3. The fourth-order valence-corrected chi connectivity index (χ4v) is 10.3. The number of anilines is 3. The predicted octanol–water partition coefficient (Wildman–Crippen LogP) is 10.4. The summed E-state index contributed by atoms with van der Waals surface area (Å²) in [5.74, 6) is 0. The smallest absolute Gasteiger partial charge is 0.333 e. The van der Waals surface area contributed by atoms with Crippen molar-refractivity contribution in [2.45, 2.75) is 12.3 Å². The summed E-state index contributed by atoms with van der Waals surface area (Å²) < 4.78 is 2.69. The first-order chi connectivity index (χ1) is 25.2. The third-order valence-corrected chi connectivity index (χ3v) is 12.0. The van der Waals surface area contributed by atoms with Crippen LogP contribution >= 0.6 is 0 Å². The molecule has 8 aromatic carbocycles. The van der Waals surface area contributed by atoms with Crippen molar-refractivity contribution in [3.05, 3.63) is 198 Å². The zero-order valence-corrected chi connectivity index (χ0v) is 28.1. The van der Waals surface area contributed by atoms with Crippen LogP contribution in [0, 0.1) is 6.92 Å². The predicted molar refractivity (Wildman–Crippen MR) is 214 cm³/mol. The third kappa shape index (κ3) is 3.26. The number of fused-ring (bicyclic) bond motifs is 11. The molecule has 51 heavy (non-hydrogen) atoms. The van der Waals surface area contributed by atoms with E-state index in [-0.39, 0.29) is 6.85 Å². The summed E-state index contributed by atoms with van der Waals surface area (Å²) in [5.41, 5.74) is 17.8. The monoisotopic (exact) mass is 646 g/mol. The summed E-state index contributed by atoms with van der Waals surface area (Å²) in [6, 6.07) is 64.0. The van der Waals surface area contributed by atoms with E-state index in [4.69, 9.17) is 0 Å². The molecule has 3 aliphatic heterocycles. The number of hydrogen-bond acceptors (Lipinski definition) is 1. The van der Waals surface area contributed by atoms with Gasteiger partial charge >= 0.3 is 6.85 Å². The van der Waals surface area contributed by atoms with Crippen LogP contribution in [0.15, 0.2) is 170 Å². The lowest BCUT2D eigenvalue weighted by molar-refractivity contribution is 0.732. The Morgan fingerprint density at radius 3 is 2.04 bits per heavy atom. The van der Waals surface area contributed by atoms with Crippen LogP contribution in [-0.4, -0.2) is 11.3 Å². The van der Waals surface area contributed by atoms with E-state index in [9.17, 15) is 0 Å². The van der Waals surface area contributed by atoms with Crippen molar-refractivity contribution in [3.63, 3.8) is 0 Å². The van der Waals surface area contributed by atoms with Gasteiger partial charge in [-0.05, 0) is 80.2 Å². The van der Waals surface area contributed by atoms with Crippen LogP contribution in [0.3, 0.4) is 0 Å². The molecule has 0 bridgehead atoms. The number of para-hydroxylation sites is 3. The second kappa shape index (κ2) is 9.68. The maximum absolute atomic E-state index is 2.69. The number of nitrogens with zero attached hydrogens (tertiary/aromatic N) is 2. The molecule has 0 saturated heterocycles. The lowest BCUT2D eigenvalue weighted by Gasteiger charge is -2.50. The van der Waals surface area contributed by atoms with Crippen molar-refractivity contribution < 1.29 is 0 Å². The number of benzene rings is 8. The SMILES string of the molecule is Cc1cc2c3c(c1)N1c4ccccc4C(c4ccccc4)(c4ccccc4)c4cccc(c41)B3n1c3ccc4ccccc4c3c3cccc-2c31. The number of rotatable bonds is 2. The van der Waals surface area contributed by atoms with Crippen molar-refractivity contribution in [1.82, 2.24) is 4.48 Å². The van der Waals surface area contributed by atoms with E-state index >= 15 is 0 Å². The standard InChI is InChI=1S/C48H31BN2/c1-30-28-37-35-20-12-21-36-44-34-19-9-8-14-31(34)26-27-42(44)51(46(35)36)49-40-24-13-23-39-47(40)50(43(29-30)45(37)49)41-25-11-10-22-38(41)48(39,32-15-4-2-5-16-32)33-17-6-3-7-18-33/h2-29H,1H3. The van der Waals surface area contributed by atoms with E-state index in [0.717, 1.165) is 0 Å². The molecule has 0 spiro atoms. The largest absolute Gasteiger partial charge is 0.375 e. The maximum atomic E-state index is 2.69. The average molecular weight is 647 g/mol. The molecule has 1 aromatic heterocycles. The molecule has 4 heterocycles. The maximum Gasteiger partial charge on any atom is 0.333 e. The number of hydrogen-bond donors (Lipinski definition) is 0. The normalized spacial score (nSPS) is 14.5. The van der Waals surface area contributed by atoms with Crippen molar-refractivity contribution in [3.8, 4) is 11.1 Å². The van der Waals surface area contributed by atoms with Gasteiger partial charge in [0, 0.05) is 38.7 Å². The summed E-state index contributed by atoms with van der Waals surface area (Å²) in [6.07, 6.45) is 0. The Morgan fingerprint density at radius 1 is 0.529 bits per heavy atom. The Balaban J connectivity index is 1.29. The Bertz CT molecular complexity index is 2900. The highest BCUT2D eigenvalue weighted by Gasteiger charge is 2.51. The van der Waals surface area contributed by atoms with E-state index < -0.39 is 5.41 Å². The van der Waals surface area contributed by atoms with Crippen molar-refractivity contribution in [2.24, 2.45) is 0 Å². The summed E-state index contributed by atoms with van der Waals surface area (Å²) in [5, 5.41) is 5.26. The van der Waals surface area contributed by atoms with Crippen LogP contribution in [0.25, 0.3) is 43.7 Å². The molecule has 9 aromatic rings. The van der Waals surface area contributed by atoms with Gasteiger partial charge in [0.25, 0.3) is 0 Å². The van der Waals surface area contributed by atoms with Gasteiger partial charge in [0.05, 0.1) is 11.1 Å². The highest BCUT2D eigenvalue weighted by Crippen LogP contribution is 2.58. The van der Waals surface area contributed by atoms with E-state index in [1.165, 1.54) is 99.5 Å². The average Bonchev–Trinajstić information content (AvgIpc) is 3.53. The Labute approximate surface area is 296 Å². The number of aromatic nitrogens is 1. The second-order valence-electron chi connectivity index (χ2n) is 14.5. The Hall–Kier alpha value is -6.32. The van der Waals surface area contributed by atoms with E-state index in [0.29, 0.717) is 0 Å². The highest BCUT2D eigenvalue weighted by atomic mass is 15.2. The van der Waals surface area contributed by atoms with Gasteiger partial charge < -0.3 is 9.38 Å². The third-order valence-electron chi connectivity index (χ3n) is 12.0. The molecule has 0 amide bonds. The molecule has 12 rings (SSSR count). The molecule has 2 nitrogen and oxygen atoms in total. The van der Waals surface area contributed by atoms with Crippen LogP contribution in [0.4, 0.5) is 17.1 Å². The van der Waals surface area contributed by atoms with Crippen molar-refractivity contribution in [2.75, 3.05) is 4.90 Å². The summed E-state index contributed by atoms with van der Waals surface area (Å²) in [6.45, 7) is 2.27. The van der Waals surface area contributed by atoms with Gasteiger partial charge in [-0.3, -0.25) is 0 Å². The van der Waals surface area contributed by atoms with Crippen LogP contribution in [0.2, 0.25) is 0 Å². The van der Waals surface area contributed by atoms with Crippen LogP contribution in [0.1, 0.15) is 27.8 Å². The molecule has 0 unspecified atom stereocenters. The zero-order valence-electron chi connectivity index (χ0n) is 28.1. The molecule has 3 heteroatoms. The minimum Gasteiger partial charge on any atom is -0.375 e. The van der Waals surface area contributed by atoms with Crippen LogP contribution < -0.4 is 15.8 Å². The van der Waals surface area contributed by atoms with Gasteiger partial charge in [0.1, 0.15) is 0 Å². The molecule has 236 valence electrons. The number of aryl methyl sites for hydroxylation is 1. The lowest BCUT2D eigenvalue weighted by atomic mass is 9.43. The van der Waals surface area contributed by atoms with E-state index in [2.05, 4.69) is 186 Å². The quantitative estimate of drug-likeness (QED) is 0.170. The van der Waals surface area contributed by atoms with Gasteiger partial charge in [0.2, 0.25) is 0 Å². The van der Waals surface area contributed by atoms with Crippen molar-refractivity contribution >= 4 is 67.4 Å². The van der Waals surface area contributed by atoms with Crippen LogP contribution in [-0.2, 0) is 5.41 Å². The van der Waals surface area contributed by atoms with E-state index in [1.807, 2.05) is 0 Å². The molecule has 0 atom stereocenters. The molecule has 0 N–H and O–H groups in total. The van der Waals surface area contributed by atoms with Crippen LogP contribution in [0.5, 0.6) is 0 Å². The topological polar surface area (TPSA) is 8.17 Å². The highest BCUT2D eigenvalue weighted by molar-refractivity contribution is 6.90. The van der Waals surface area contributed by atoms with E-state index in [1.54, 1.807) is 0 Å². The van der Waals surface area contributed by atoms with Gasteiger partial charge in [-0.1, -0.05) is 152 Å². The Morgan fingerprint density at radius 2 is 1.22 bits per heavy atom. The van der Waals surface area contributed by atoms with Gasteiger partial charge in [-0.15, -0.1) is 0 Å².